The fourth-order valence-electron chi connectivity index (χ4n) is 2.65. The van der Waals surface area contributed by atoms with E-state index >= 15 is 0 Å². The summed E-state index contributed by atoms with van der Waals surface area (Å²) >= 11 is 1.63. The van der Waals surface area contributed by atoms with Crippen molar-refractivity contribution >= 4 is 22.1 Å². The third-order valence-electron chi connectivity index (χ3n) is 3.90. The number of ether oxygens (including phenoxy) is 1. The van der Waals surface area contributed by atoms with Crippen LogP contribution in [-0.2, 0) is 27.0 Å². The molecule has 1 aromatic heterocycles. The monoisotopic (exact) mass is 335 g/mol. The van der Waals surface area contributed by atoms with Crippen molar-refractivity contribution in [2.24, 2.45) is 0 Å². The average molecular weight is 335 g/mol. The molecule has 0 spiro atoms. The maximum Gasteiger partial charge on any atom is 0.122 e. The summed E-state index contributed by atoms with van der Waals surface area (Å²) in [6.45, 7) is 4.97. The van der Waals surface area contributed by atoms with Crippen LogP contribution in [0.2, 0.25) is 0 Å². The summed E-state index contributed by atoms with van der Waals surface area (Å²) in [7, 11) is -0.925. The zero-order chi connectivity index (χ0) is 15.5. The first kappa shape index (κ1) is 15.8. The molecular weight excluding hydrogens is 314 g/mol. The molecule has 1 aromatic carbocycles. The lowest BCUT2D eigenvalue weighted by molar-refractivity contribution is 0.111. The van der Waals surface area contributed by atoms with Gasteiger partial charge in [-0.3, -0.25) is 4.21 Å². The van der Waals surface area contributed by atoms with E-state index in [4.69, 9.17) is 4.74 Å². The van der Waals surface area contributed by atoms with Gasteiger partial charge in [-0.15, -0.1) is 11.3 Å². The van der Waals surface area contributed by atoms with Gasteiger partial charge in [-0.05, 0) is 37.8 Å². The average Bonchev–Trinajstić information content (AvgIpc) is 3.13. The predicted molar refractivity (Wildman–Crippen MR) is 91.5 cm³/mol. The van der Waals surface area contributed by atoms with E-state index in [0.717, 1.165) is 30.2 Å². The Balaban J connectivity index is 1.63. The largest absolute Gasteiger partial charge is 0.371 e. The predicted octanol–water partition coefficient (Wildman–Crippen LogP) is 4.06. The third kappa shape index (κ3) is 3.83. The summed E-state index contributed by atoms with van der Waals surface area (Å²) in [4.78, 5) is 4.61. The maximum atomic E-state index is 12.4. The van der Waals surface area contributed by atoms with Crippen LogP contribution in [0.3, 0.4) is 0 Å². The summed E-state index contributed by atoms with van der Waals surface area (Å²) in [6, 6.07) is 6.32. The van der Waals surface area contributed by atoms with Crippen molar-refractivity contribution < 1.29 is 8.95 Å². The van der Waals surface area contributed by atoms with Gasteiger partial charge in [0.15, 0.2) is 0 Å². The van der Waals surface area contributed by atoms with Crippen molar-refractivity contribution in [3.8, 4) is 0 Å². The van der Waals surface area contributed by atoms with E-state index in [9.17, 15) is 4.21 Å². The molecule has 3 nitrogen and oxygen atoms in total. The molecule has 22 heavy (non-hydrogen) atoms. The fraction of sp³-hybridized carbons (Fsp3) is 0.471. The van der Waals surface area contributed by atoms with Gasteiger partial charge < -0.3 is 4.74 Å². The minimum absolute atomic E-state index is 0.159. The number of nitrogens with zero attached hydrogens (tertiary/aromatic N) is 1. The fourth-order valence-corrected chi connectivity index (χ4v) is 4.90. The highest BCUT2D eigenvalue weighted by atomic mass is 32.2. The summed E-state index contributed by atoms with van der Waals surface area (Å²) in [5.41, 5.74) is 4.52. The van der Waals surface area contributed by atoms with Gasteiger partial charge in [0.1, 0.15) is 11.1 Å². The summed E-state index contributed by atoms with van der Waals surface area (Å²) in [6.07, 6.45) is 2.32. The van der Waals surface area contributed by atoms with Gasteiger partial charge in [0.2, 0.25) is 0 Å². The lowest BCUT2D eigenvalue weighted by Crippen LogP contribution is -2.02. The van der Waals surface area contributed by atoms with E-state index in [0.29, 0.717) is 11.5 Å². The molecule has 1 aliphatic heterocycles. The van der Waals surface area contributed by atoms with Crippen molar-refractivity contribution in [3.05, 3.63) is 51.0 Å². The molecule has 0 radical (unpaired) electrons. The molecule has 0 saturated carbocycles. The molecular formula is C17H21NO2S2. The molecule has 5 heteroatoms. The maximum absolute atomic E-state index is 12.4. The highest BCUT2D eigenvalue weighted by Crippen LogP contribution is 2.30. The van der Waals surface area contributed by atoms with Gasteiger partial charge in [-0.1, -0.05) is 23.8 Å². The highest BCUT2D eigenvalue weighted by Gasteiger charge is 2.21. The smallest absolute Gasteiger partial charge is 0.122 e. The van der Waals surface area contributed by atoms with Crippen LogP contribution in [0, 0.1) is 13.8 Å². The van der Waals surface area contributed by atoms with Crippen molar-refractivity contribution in [2.45, 2.75) is 44.3 Å². The molecule has 0 aliphatic carbocycles. The number of rotatable bonds is 5. The van der Waals surface area contributed by atoms with Crippen molar-refractivity contribution in [1.82, 2.24) is 4.98 Å². The van der Waals surface area contributed by atoms with Crippen LogP contribution in [0.15, 0.2) is 23.6 Å². The first-order valence-corrected chi connectivity index (χ1v) is 9.95. The Morgan fingerprint density at radius 2 is 2.23 bits per heavy atom. The van der Waals surface area contributed by atoms with Crippen LogP contribution in [0.4, 0.5) is 0 Å². The van der Waals surface area contributed by atoms with E-state index in [1.165, 1.54) is 16.7 Å². The van der Waals surface area contributed by atoms with Crippen LogP contribution in [-0.4, -0.2) is 15.8 Å². The van der Waals surface area contributed by atoms with E-state index in [1.807, 2.05) is 5.38 Å². The molecule has 118 valence electrons. The van der Waals surface area contributed by atoms with Gasteiger partial charge in [-0.2, -0.15) is 0 Å². The van der Waals surface area contributed by atoms with Crippen LogP contribution < -0.4 is 0 Å². The first-order chi connectivity index (χ1) is 10.6. The third-order valence-corrected chi connectivity index (χ3v) is 6.14. The molecule has 0 N–H and O–H groups in total. The number of aromatic nitrogens is 1. The van der Waals surface area contributed by atoms with Crippen LogP contribution in [0.1, 0.15) is 46.3 Å². The minimum atomic E-state index is -0.925. The SMILES string of the molecule is Cc1ccc(C)c(CS(=O)Cc2csc(C3CCCO3)n2)c1. The van der Waals surface area contributed by atoms with Gasteiger partial charge in [0, 0.05) is 28.5 Å². The Morgan fingerprint density at radius 1 is 1.36 bits per heavy atom. The molecule has 2 atom stereocenters. The standard InChI is InChI=1S/C17H21NO2S2/c1-12-5-6-13(2)14(8-12)10-22(19)11-15-9-21-17(18-15)16-4-3-7-20-16/h5-6,8-9,16H,3-4,7,10-11H2,1-2H3. The first-order valence-electron chi connectivity index (χ1n) is 7.59. The summed E-state index contributed by atoms with van der Waals surface area (Å²) in [5, 5.41) is 3.06. The van der Waals surface area contributed by atoms with Crippen LogP contribution in [0.25, 0.3) is 0 Å². The second-order valence-electron chi connectivity index (χ2n) is 5.84. The second kappa shape index (κ2) is 7.02. The van der Waals surface area contributed by atoms with Crippen molar-refractivity contribution in [2.75, 3.05) is 6.61 Å². The van der Waals surface area contributed by atoms with Crippen LogP contribution in [0.5, 0.6) is 0 Å². The van der Waals surface area contributed by atoms with E-state index in [1.54, 1.807) is 11.3 Å². The van der Waals surface area contributed by atoms with Gasteiger partial charge in [-0.25, -0.2) is 4.98 Å². The second-order valence-corrected chi connectivity index (χ2v) is 8.18. The minimum Gasteiger partial charge on any atom is -0.371 e. The van der Waals surface area contributed by atoms with Gasteiger partial charge in [0.25, 0.3) is 0 Å². The normalized spacial score (nSPS) is 19.5. The van der Waals surface area contributed by atoms with E-state index in [2.05, 4.69) is 37.0 Å². The zero-order valence-electron chi connectivity index (χ0n) is 13.0. The Labute approximate surface area is 138 Å². The molecule has 1 aliphatic rings. The van der Waals surface area contributed by atoms with Gasteiger partial charge in [0.05, 0.1) is 11.4 Å². The highest BCUT2D eigenvalue weighted by molar-refractivity contribution is 7.83. The quantitative estimate of drug-likeness (QED) is 0.827. The number of thiazole rings is 1. The number of hydrogen-bond donors (Lipinski definition) is 0. The molecule has 2 aromatic rings. The number of aryl methyl sites for hydroxylation is 2. The number of hydrogen-bond acceptors (Lipinski definition) is 4. The lowest BCUT2D eigenvalue weighted by atomic mass is 10.1. The lowest BCUT2D eigenvalue weighted by Gasteiger charge is -2.07. The van der Waals surface area contributed by atoms with E-state index < -0.39 is 10.8 Å². The molecule has 3 rings (SSSR count). The molecule has 2 unspecified atom stereocenters. The van der Waals surface area contributed by atoms with Crippen molar-refractivity contribution in [3.63, 3.8) is 0 Å². The van der Waals surface area contributed by atoms with Crippen LogP contribution >= 0.6 is 11.3 Å². The Hall–Kier alpha value is -1.04. The van der Waals surface area contributed by atoms with E-state index in [-0.39, 0.29) is 6.10 Å². The number of benzene rings is 1. The molecule has 0 amide bonds. The topological polar surface area (TPSA) is 39.2 Å². The van der Waals surface area contributed by atoms with Gasteiger partial charge >= 0.3 is 0 Å². The summed E-state index contributed by atoms with van der Waals surface area (Å²) in [5.74, 6) is 1.12. The summed E-state index contributed by atoms with van der Waals surface area (Å²) < 4.78 is 18.1. The Kier molecular flexibility index (Phi) is 5.06. The Bertz CT molecular complexity index is 675. The molecule has 0 bridgehead atoms. The molecule has 1 saturated heterocycles. The van der Waals surface area contributed by atoms with Crippen molar-refractivity contribution in [1.29, 1.82) is 0 Å². The Morgan fingerprint density at radius 3 is 3.00 bits per heavy atom. The molecule has 1 fully saturated rings. The zero-order valence-corrected chi connectivity index (χ0v) is 14.6. The molecule has 2 heterocycles.